The van der Waals surface area contributed by atoms with Crippen molar-refractivity contribution in [3.63, 3.8) is 0 Å². The first-order chi connectivity index (χ1) is 7.35. The number of nitrogens with one attached hydrogen (secondary N) is 1. The van der Waals surface area contributed by atoms with Crippen LogP contribution in [0.25, 0.3) is 0 Å². The Kier molecular flexibility index (Phi) is 3.81. The summed E-state index contributed by atoms with van der Waals surface area (Å²) in [6.07, 6.45) is 10.2. The fourth-order valence-electron chi connectivity index (χ4n) is 3.07. The van der Waals surface area contributed by atoms with Gasteiger partial charge in [-0.05, 0) is 19.3 Å². The summed E-state index contributed by atoms with van der Waals surface area (Å²) in [7, 11) is 0. The van der Waals surface area contributed by atoms with Crippen molar-refractivity contribution >= 4 is 0 Å². The topological polar surface area (TPSA) is 15.3 Å². The minimum atomic E-state index is 0.470. The van der Waals surface area contributed by atoms with Gasteiger partial charge in [0.25, 0.3) is 0 Å². The standard InChI is InChI=1S/C13H24N2/c1-2-3-10-15-11-9-14-13(12-15)7-5-4-6-8-13/h2,14H,1,3-12H2. The highest BCUT2D eigenvalue weighted by molar-refractivity contribution is 4.96. The van der Waals surface area contributed by atoms with Crippen molar-refractivity contribution in [2.75, 3.05) is 26.2 Å². The Morgan fingerprint density at radius 3 is 2.80 bits per heavy atom. The van der Waals surface area contributed by atoms with E-state index in [0.717, 1.165) is 6.42 Å². The van der Waals surface area contributed by atoms with Crippen molar-refractivity contribution in [3.05, 3.63) is 12.7 Å². The lowest BCUT2D eigenvalue weighted by molar-refractivity contribution is 0.101. The second kappa shape index (κ2) is 5.13. The molecule has 0 bridgehead atoms. The molecule has 1 saturated carbocycles. The van der Waals surface area contributed by atoms with Crippen molar-refractivity contribution in [1.29, 1.82) is 0 Å². The van der Waals surface area contributed by atoms with Crippen LogP contribution in [0.1, 0.15) is 38.5 Å². The van der Waals surface area contributed by atoms with Gasteiger partial charge in [0, 0.05) is 31.7 Å². The van der Waals surface area contributed by atoms with Crippen LogP contribution >= 0.6 is 0 Å². The van der Waals surface area contributed by atoms with Crippen molar-refractivity contribution in [1.82, 2.24) is 10.2 Å². The maximum absolute atomic E-state index is 3.81. The molecule has 0 aromatic rings. The highest BCUT2D eigenvalue weighted by Gasteiger charge is 2.35. The SMILES string of the molecule is C=CCCN1CCNC2(CCCCC2)C1. The summed E-state index contributed by atoms with van der Waals surface area (Å²) in [5.74, 6) is 0. The number of rotatable bonds is 3. The zero-order valence-corrected chi connectivity index (χ0v) is 9.80. The smallest absolute Gasteiger partial charge is 0.0309 e. The molecule has 0 radical (unpaired) electrons. The van der Waals surface area contributed by atoms with E-state index in [1.54, 1.807) is 0 Å². The van der Waals surface area contributed by atoms with Gasteiger partial charge < -0.3 is 5.32 Å². The van der Waals surface area contributed by atoms with Crippen LogP contribution in [-0.2, 0) is 0 Å². The Labute approximate surface area is 93.7 Å². The number of hydrogen-bond donors (Lipinski definition) is 1. The van der Waals surface area contributed by atoms with E-state index < -0.39 is 0 Å². The molecule has 1 N–H and O–H groups in total. The molecule has 2 heteroatoms. The van der Waals surface area contributed by atoms with Crippen LogP contribution in [-0.4, -0.2) is 36.6 Å². The molecule has 0 aromatic heterocycles. The fraction of sp³-hybridized carbons (Fsp3) is 0.846. The third kappa shape index (κ3) is 2.82. The lowest BCUT2D eigenvalue weighted by Gasteiger charge is -2.46. The Morgan fingerprint density at radius 1 is 1.27 bits per heavy atom. The molecule has 86 valence electrons. The molecule has 0 amide bonds. The van der Waals surface area contributed by atoms with Gasteiger partial charge in [0.1, 0.15) is 0 Å². The van der Waals surface area contributed by atoms with Gasteiger partial charge in [-0.15, -0.1) is 6.58 Å². The minimum Gasteiger partial charge on any atom is -0.309 e. The van der Waals surface area contributed by atoms with E-state index >= 15 is 0 Å². The van der Waals surface area contributed by atoms with E-state index in [4.69, 9.17) is 0 Å². The monoisotopic (exact) mass is 208 g/mol. The molecule has 15 heavy (non-hydrogen) atoms. The number of hydrogen-bond acceptors (Lipinski definition) is 2. The Bertz CT molecular complexity index is 201. The summed E-state index contributed by atoms with van der Waals surface area (Å²) in [6.45, 7) is 8.67. The molecule has 0 atom stereocenters. The Morgan fingerprint density at radius 2 is 2.07 bits per heavy atom. The van der Waals surface area contributed by atoms with Crippen LogP contribution in [0.4, 0.5) is 0 Å². The second-order valence-electron chi connectivity index (χ2n) is 5.12. The van der Waals surface area contributed by atoms with Gasteiger partial charge >= 0.3 is 0 Å². The van der Waals surface area contributed by atoms with Crippen LogP contribution in [0, 0.1) is 0 Å². The fourth-order valence-corrected chi connectivity index (χ4v) is 3.07. The molecule has 1 heterocycles. The van der Waals surface area contributed by atoms with Crippen LogP contribution in [0.2, 0.25) is 0 Å². The van der Waals surface area contributed by atoms with Crippen LogP contribution in [0.5, 0.6) is 0 Å². The maximum Gasteiger partial charge on any atom is 0.0309 e. The van der Waals surface area contributed by atoms with Gasteiger partial charge in [-0.2, -0.15) is 0 Å². The number of piperazine rings is 1. The zero-order chi connectivity index (χ0) is 10.6. The molecule has 1 saturated heterocycles. The summed E-state index contributed by atoms with van der Waals surface area (Å²) in [6, 6.07) is 0. The summed E-state index contributed by atoms with van der Waals surface area (Å²) < 4.78 is 0. The molecule has 0 aromatic carbocycles. The molecule has 2 aliphatic rings. The molecule has 0 unspecified atom stereocenters. The van der Waals surface area contributed by atoms with Gasteiger partial charge in [-0.25, -0.2) is 0 Å². The Balaban J connectivity index is 1.87. The van der Waals surface area contributed by atoms with Crippen molar-refractivity contribution in [2.24, 2.45) is 0 Å². The van der Waals surface area contributed by atoms with E-state index in [0.29, 0.717) is 5.54 Å². The van der Waals surface area contributed by atoms with Gasteiger partial charge in [0.15, 0.2) is 0 Å². The first-order valence-electron chi connectivity index (χ1n) is 6.43. The molecule has 1 aliphatic heterocycles. The summed E-state index contributed by atoms with van der Waals surface area (Å²) in [4.78, 5) is 2.61. The summed E-state index contributed by atoms with van der Waals surface area (Å²) in [5, 5.41) is 3.77. The Hall–Kier alpha value is -0.340. The third-order valence-electron chi connectivity index (χ3n) is 3.91. The van der Waals surface area contributed by atoms with Gasteiger partial charge in [0.2, 0.25) is 0 Å². The number of nitrogens with zero attached hydrogens (tertiary/aromatic N) is 1. The average molecular weight is 208 g/mol. The molecule has 2 nitrogen and oxygen atoms in total. The van der Waals surface area contributed by atoms with Crippen LogP contribution in [0.3, 0.4) is 0 Å². The highest BCUT2D eigenvalue weighted by atomic mass is 15.2. The average Bonchev–Trinajstić information content (AvgIpc) is 2.28. The largest absolute Gasteiger partial charge is 0.309 e. The van der Waals surface area contributed by atoms with Crippen molar-refractivity contribution < 1.29 is 0 Å². The lowest BCUT2D eigenvalue weighted by atomic mass is 9.80. The minimum absolute atomic E-state index is 0.470. The first kappa shape index (κ1) is 11.2. The van der Waals surface area contributed by atoms with E-state index in [2.05, 4.69) is 16.8 Å². The van der Waals surface area contributed by atoms with Crippen LogP contribution in [0.15, 0.2) is 12.7 Å². The third-order valence-corrected chi connectivity index (χ3v) is 3.91. The molecule has 1 aliphatic carbocycles. The molecular weight excluding hydrogens is 184 g/mol. The molecular formula is C13H24N2. The van der Waals surface area contributed by atoms with Crippen LogP contribution < -0.4 is 5.32 Å². The van der Waals surface area contributed by atoms with Crippen molar-refractivity contribution in [2.45, 2.75) is 44.1 Å². The predicted octanol–water partition coefficient (Wildman–Crippen LogP) is 2.17. The van der Waals surface area contributed by atoms with Crippen molar-refractivity contribution in [3.8, 4) is 0 Å². The van der Waals surface area contributed by atoms with E-state index in [1.807, 2.05) is 6.08 Å². The highest BCUT2D eigenvalue weighted by Crippen LogP contribution is 2.30. The summed E-state index contributed by atoms with van der Waals surface area (Å²) >= 11 is 0. The van der Waals surface area contributed by atoms with E-state index in [9.17, 15) is 0 Å². The van der Waals surface area contributed by atoms with Gasteiger partial charge in [-0.1, -0.05) is 25.3 Å². The molecule has 1 spiro atoms. The normalized spacial score (nSPS) is 26.7. The van der Waals surface area contributed by atoms with Gasteiger partial charge in [0.05, 0.1) is 0 Å². The predicted molar refractivity (Wildman–Crippen MR) is 65.1 cm³/mol. The second-order valence-corrected chi connectivity index (χ2v) is 5.12. The molecule has 2 fully saturated rings. The van der Waals surface area contributed by atoms with Gasteiger partial charge in [-0.3, -0.25) is 4.90 Å². The van der Waals surface area contributed by atoms with E-state index in [-0.39, 0.29) is 0 Å². The van der Waals surface area contributed by atoms with E-state index in [1.165, 1.54) is 58.3 Å². The maximum atomic E-state index is 3.81. The first-order valence-corrected chi connectivity index (χ1v) is 6.43. The molecule has 2 rings (SSSR count). The summed E-state index contributed by atoms with van der Waals surface area (Å²) in [5.41, 5.74) is 0.470. The zero-order valence-electron chi connectivity index (χ0n) is 9.80. The quantitative estimate of drug-likeness (QED) is 0.715. The lowest BCUT2D eigenvalue weighted by Crippen LogP contribution is -2.61.